The van der Waals surface area contributed by atoms with E-state index in [0.29, 0.717) is 17.8 Å². The van der Waals surface area contributed by atoms with Crippen LogP contribution in [0.3, 0.4) is 0 Å². The van der Waals surface area contributed by atoms with Gasteiger partial charge in [0.1, 0.15) is 17.6 Å². The fourth-order valence-corrected chi connectivity index (χ4v) is 4.55. The van der Waals surface area contributed by atoms with E-state index in [1.807, 2.05) is 11.0 Å². The highest BCUT2D eigenvalue weighted by Crippen LogP contribution is 2.39. The number of H-pyrrole nitrogens is 1. The number of aromatic amines is 1. The molecule has 2 aliphatic rings. The average Bonchev–Trinajstić information content (AvgIpc) is 2.66. The van der Waals surface area contributed by atoms with Crippen LogP contribution in [0.5, 0.6) is 0 Å². The van der Waals surface area contributed by atoms with Crippen molar-refractivity contribution in [1.29, 1.82) is 5.26 Å². The third-order valence-electron chi connectivity index (χ3n) is 5.66. The highest BCUT2D eigenvalue weighted by atomic mass is 19.1. The van der Waals surface area contributed by atoms with Gasteiger partial charge in [0.05, 0.1) is 11.6 Å². The number of nitrogens with zero attached hydrogens (tertiary/aromatic N) is 3. The first-order valence-corrected chi connectivity index (χ1v) is 9.73. The van der Waals surface area contributed by atoms with Crippen LogP contribution in [0.2, 0.25) is 0 Å². The Morgan fingerprint density at radius 1 is 1.21 bits per heavy atom. The lowest BCUT2D eigenvalue weighted by molar-refractivity contribution is -0.119. The quantitative estimate of drug-likeness (QED) is 0.814. The van der Waals surface area contributed by atoms with Crippen molar-refractivity contribution in [2.24, 2.45) is 17.8 Å². The molecule has 1 aromatic carbocycles. The van der Waals surface area contributed by atoms with Gasteiger partial charge in [-0.2, -0.15) is 10.2 Å². The second kappa shape index (κ2) is 7.32. The van der Waals surface area contributed by atoms with Crippen LogP contribution < -0.4 is 15.8 Å². The van der Waals surface area contributed by atoms with Gasteiger partial charge in [-0.15, -0.1) is 0 Å². The van der Waals surface area contributed by atoms with Crippen molar-refractivity contribution < 1.29 is 9.18 Å². The molecule has 2 aliphatic heterocycles. The average molecular weight is 395 g/mol. The molecule has 1 amide bonds. The van der Waals surface area contributed by atoms with Crippen LogP contribution in [0.25, 0.3) is 0 Å². The van der Waals surface area contributed by atoms with E-state index in [1.165, 1.54) is 18.2 Å². The summed E-state index contributed by atoms with van der Waals surface area (Å²) in [5.41, 5.74) is -0.220. The van der Waals surface area contributed by atoms with E-state index in [-0.39, 0.29) is 16.9 Å². The van der Waals surface area contributed by atoms with E-state index in [1.54, 1.807) is 6.07 Å². The summed E-state index contributed by atoms with van der Waals surface area (Å²) in [5.74, 6) is -2.02. The number of aromatic nitrogens is 2. The zero-order valence-corrected chi connectivity index (χ0v) is 16.3. The SMILES string of the molecule is CC1CC(C)CN(c2nc3c(c(=O)[nH]2)C(c2ccccc2F)C(C#N)C(=O)N3)C1. The first-order valence-electron chi connectivity index (χ1n) is 9.73. The Kier molecular flexibility index (Phi) is 4.82. The van der Waals surface area contributed by atoms with Crippen LogP contribution in [0.15, 0.2) is 29.1 Å². The number of nitriles is 1. The second-order valence-corrected chi connectivity index (χ2v) is 8.10. The maximum atomic E-state index is 14.5. The number of benzene rings is 1. The maximum Gasteiger partial charge on any atom is 0.258 e. The molecule has 0 spiro atoms. The van der Waals surface area contributed by atoms with Crippen LogP contribution in [0, 0.1) is 34.9 Å². The molecule has 2 aromatic rings. The maximum absolute atomic E-state index is 14.5. The van der Waals surface area contributed by atoms with E-state index in [0.717, 1.165) is 19.5 Å². The van der Waals surface area contributed by atoms with Gasteiger partial charge >= 0.3 is 0 Å². The summed E-state index contributed by atoms with van der Waals surface area (Å²) < 4.78 is 14.5. The molecule has 3 heterocycles. The number of hydrogen-bond acceptors (Lipinski definition) is 5. The predicted molar refractivity (Wildman–Crippen MR) is 106 cm³/mol. The fourth-order valence-electron chi connectivity index (χ4n) is 4.55. The molecule has 2 N–H and O–H groups in total. The van der Waals surface area contributed by atoms with Crippen molar-refractivity contribution in [1.82, 2.24) is 9.97 Å². The number of carbonyl (C=O) groups excluding carboxylic acids is 1. The Balaban J connectivity index is 1.84. The lowest BCUT2D eigenvalue weighted by atomic mass is 9.79. The van der Waals surface area contributed by atoms with Gasteiger partial charge in [0, 0.05) is 19.0 Å². The number of rotatable bonds is 2. The normalized spacial score (nSPS) is 26.4. The number of halogens is 1. The first-order chi connectivity index (χ1) is 13.9. The molecule has 8 heteroatoms. The summed E-state index contributed by atoms with van der Waals surface area (Å²) in [5, 5.41) is 12.1. The molecule has 4 unspecified atom stereocenters. The van der Waals surface area contributed by atoms with Crippen molar-refractivity contribution in [2.45, 2.75) is 26.2 Å². The minimum atomic E-state index is -1.22. The molecule has 150 valence electrons. The molecule has 1 aromatic heterocycles. The lowest BCUT2D eigenvalue weighted by Crippen LogP contribution is -2.43. The summed E-state index contributed by atoms with van der Waals surface area (Å²) in [6.45, 7) is 5.79. The summed E-state index contributed by atoms with van der Waals surface area (Å²) in [7, 11) is 0. The first kappa shape index (κ1) is 19.1. The Morgan fingerprint density at radius 3 is 2.55 bits per heavy atom. The van der Waals surface area contributed by atoms with Gasteiger partial charge < -0.3 is 10.2 Å². The van der Waals surface area contributed by atoms with Gasteiger partial charge in [0.2, 0.25) is 11.9 Å². The van der Waals surface area contributed by atoms with Gasteiger partial charge in [-0.25, -0.2) is 4.39 Å². The van der Waals surface area contributed by atoms with E-state index >= 15 is 0 Å². The number of amides is 1. The number of nitrogens with one attached hydrogen (secondary N) is 2. The number of anilines is 2. The molecule has 29 heavy (non-hydrogen) atoms. The van der Waals surface area contributed by atoms with Crippen LogP contribution in [0.4, 0.5) is 16.2 Å². The third-order valence-corrected chi connectivity index (χ3v) is 5.66. The summed E-state index contributed by atoms with van der Waals surface area (Å²) >= 11 is 0. The molecule has 7 nitrogen and oxygen atoms in total. The molecule has 0 aliphatic carbocycles. The molecular formula is C21H22FN5O2. The summed E-state index contributed by atoms with van der Waals surface area (Å²) in [6.07, 6.45) is 1.10. The fraction of sp³-hybridized carbons (Fsp3) is 0.429. The van der Waals surface area contributed by atoms with E-state index < -0.39 is 29.1 Å². The van der Waals surface area contributed by atoms with Crippen LogP contribution >= 0.6 is 0 Å². The third kappa shape index (κ3) is 3.37. The van der Waals surface area contributed by atoms with Crippen molar-refractivity contribution >= 4 is 17.7 Å². The summed E-state index contributed by atoms with van der Waals surface area (Å²) in [4.78, 5) is 34.9. The molecule has 0 saturated carbocycles. The zero-order chi connectivity index (χ0) is 20.7. The highest BCUT2D eigenvalue weighted by Gasteiger charge is 2.41. The highest BCUT2D eigenvalue weighted by molar-refractivity contribution is 5.98. The number of hydrogen-bond donors (Lipinski definition) is 2. The van der Waals surface area contributed by atoms with Gasteiger partial charge in [-0.3, -0.25) is 14.6 Å². The zero-order valence-electron chi connectivity index (χ0n) is 16.3. The van der Waals surface area contributed by atoms with Crippen molar-refractivity contribution in [3.8, 4) is 6.07 Å². The Labute approximate surface area is 167 Å². The van der Waals surface area contributed by atoms with E-state index in [9.17, 15) is 19.2 Å². The minimum Gasteiger partial charge on any atom is -0.342 e. The van der Waals surface area contributed by atoms with Gasteiger partial charge in [0.25, 0.3) is 5.56 Å². The smallest absolute Gasteiger partial charge is 0.258 e. The Morgan fingerprint density at radius 2 is 1.90 bits per heavy atom. The molecule has 4 rings (SSSR count). The van der Waals surface area contributed by atoms with Crippen molar-refractivity contribution in [3.63, 3.8) is 0 Å². The van der Waals surface area contributed by atoms with E-state index in [2.05, 4.69) is 29.1 Å². The molecule has 4 atom stereocenters. The van der Waals surface area contributed by atoms with Crippen LogP contribution in [-0.2, 0) is 4.79 Å². The number of fused-ring (bicyclic) bond motifs is 1. The second-order valence-electron chi connectivity index (χ2n) is 8.10. The number of carbonyl (C=O) groups is 1. The number of piperidine rings is 1. The van der Waals surface area contributed by atoms with Crippen LogP contribution in [-0.4, -0.2) is 29.0 Å². The van der Waals surface area contributed by atoms with Gasteiger partial charge in [0.15, 0.2) is 0 Å². The Bertz CT molecular complexity index is 1050. The van der Waals surface area contributed by atoms with Gasteiger partial charge in [-0.05, 0) is 29.9 Å². The largest absolute Gasteiger partial charge is 0.342 e. The monoisotopic (exact) mass is 395 g/mol. The minimum absolute atomic E-state index is 0.0967. The molecule has 0 radical (unpaired) electrons. The van der Waals surface area contributed by atoms with Crippen LogP contribution in [0.1, 0.15) is 37.3 Å². The molecule has 1 fully saturated rings. The van der Waals surface area contributed by atoms with Crippen molar-refractivity contribution in [3.05, 3.63) is 51.6 Å². The summed E-state index contributed by atoms with van der Waals surface area (Å²) in [6, 6.07) is 7.80. The van der Waals surface area contributed by atoms with E-state index in [4.69, 9.17) is 0 Å². The Hall–Kier alpha value is -3.21. The lowest BCUT2D eigenvalue weighted by Gasteiger charge is -2.36. The van der Waals surface area contributed by atoms with Crippen molar-refractivity contribution in [2.75, 3.05) is 23.3 Å². The van der Waals surface area contributed by atoms with Gasteiger partial charge in [-0.1, -0.05) is 32.0 Å². The molecular weight excluding hydrogens is 373 g/mol. The molecule has 0 bridgehead atoms. The predicted octanol–water partition coefficient (Wildman–Crippen LogP) is 2.62. The molecule has 1 saturated heterocycles. The topological polar surface area (TPSA) is 102 Å². The standard InChI is InChI=1S/C21H22FN5O2/c1-11-7-12(2)10-27(9-11)21-25-18-17(20(29)26-21)16(14(8-23)19(28)24-18)13-5-3-4-6-15(13)22/h3-6,11-12,14,16H,7,9-10H2,1-2H3,(H2,24,25,26,28,29).